The van der Waals surface area contributed by atoms with Crippen LogP contribution in [0.3, 0.4) is 0 Å². The predicted octanol–water partition coefficient (Wildman–Crippen LogP) is 3.44. The quantitative estimate of drug-likeness (QED) is 0.682. The van der Waals surface area contributed by atoms with Crippen molar-refractivity contribution in [3.05, 3.63) is 59.8 Å². The molecule has 1 aliphatic heterocycles. The number of rotatable bonds is 5. The molecule has 1 fully saturated rings. The SMILES string of the molecule is COCc1ncc(C)n1CC1CCN(C(=O)c2ccc3ncccc3c2)CC1. The molecule has 3 heterocycles. The lowest BCUT2D eigenvalue weighted by atomic mass is 9.96. The summed E-state index contributed by atoms with van der Waals surface area (Å²) in [5, 5.41) is 1.00. The second kappa shape index (κ2) is 8.10. The number of fused-ring (bicyclic) bond motifs is 1. The third kappa shape index (κ3) is 3.78. The van der Waals surface area contributed by atoms with Crippen molar-refractivity contribution in [2.24, 2.45) is 5.92 Å². The van der Waals surface area contributed by atoms with E-state index in [9.17, 15) is 4.79 Å². The number of pyridine rings is 1. The Kier molecular flexibility index (Phi) is 5.39. The number of likely N-dealkylation sites (tertiary alicyclic amines) is 1. The molecule has 0 atom stereocenters. The highest BCUT2D eigenvalue weighted by molar-refractivity contribution is 5.97. The number of nitrogens with zero attached hydrogens (tertiary/aromatic N) is 4. The largest absolute Gasteiger partial charge is 0.377 e. The summed E-state index contributed by atoms with van der Waals surface area (Å²) in [6.07, 6.45) is 5.69. The van der Waals surface area contributed by atoms with E-state index in [1.165, 1.54) is 0 Å². The Hall–Kier alpha value is -2.73. The molecule has 0 N–H and O–H groups in total. The first-order valence-electron chi connectivity index (χ1n) is 9.79. The lowest BCUT2D eigenvalue weighted by Gasteiger charge is -2.32. The van der Waals surface area contributed by atoms with Crippen molar-refractivity contribution in [1.29, 1.82) is 0 Å². The zero-order valence-corrected chi connectivity index (χ0v) is 16.5. The van der Waals surface area contributed by atoms with Crippen LogP contribution < -0.4 is 0 Å². The van der Waals surface area contributed by atoms with Gasteiger partial charge >= 0.3 is 0 Å². The first-order valence-corrected chi connectivity index (χ1v) is 9.79. The third-order valence-corrected chi connectivity index (χ3v) is 5.60. The van der Waals surface area contributed by atoms with Crippen LogP contribution >= 0.6 is 0 Å². The number of aryl methyl sites for hydroxylation is 1. The number of carbonyl (C=O) groups excluding carboxylic acids is 1. The number of amides is 1. The Balaban J connectivity index is 1.39. The highest BCUT2D eigenvalue weighted by Crippen LogP contribution is 2.23. The van der Waals surface area contributed by atoms with Crippen molar-refractivity contribution in [2.45, 2.75) is 32.9 Å². The maximum absolute atomic E-state index is 12.9. The molecule has 146 valence electrons. The molecule has 0 bridgehead atoms. The molecule has 3 aromatic rings. The predicted molar refractivity (Wildman–Crippen MR) is 108 cm³/mol. The Labute approximate surface area is 165 Å². The summed E-state index contributed by atoms with van der Waals surface area (Å²) in [5.74, 6) is 1.64. The van der Waals surface area contributed by atoms with Gasteiger partial charge < -0.3 is 14.2 Å². The van der Waals surface area contributed by atoms with Gasteiger partial charge in [0.1, 0.15) is 12.4 Å². The van der Waals surface area contributed by atoms with Gasteiger partial charge in [-0.05, 0) is 49.9 Å². The van der Waals surface area contributed by atoms with Gasteiger partial charge in [0, 0.05) is 55.8 Å². The van der Waals surface area contributed by atoms with E-state index in [-0.39, 0.29) is 5.91 Å². The van der Waals surface area contributed by atoms with E-state index < -0.39 is 0 Å². The molecule has 1 amide bonds. The Morgan fingerprint density at radius 1 is 1.21 bits per heavy atom. The van der Waals surface area contributed by atoms with Crippen molar-refractivity contribution < 1.29 is 9.53 Å². The Morgan fingerprint density at radius 2 is 2.04 bits per heavy atom. The zero-order chi connectivity index (χ0) is 19.5. The second-order valence-electron chi connectivity index (χ2n) is 7.51. The standard InChI is InChI=1S/C22H26N4O2/c1-16-13-24-21(15-28-2)26(16)14-17-7-10-25(11-8-17)22(27)19-5-6-20-18(12-19)4-3-9-23-20/h3-6,9,12-13,17H,7-8,10-11,14-15H2,1-2H3. The minimum atomic E-state index is 0.114. The summed E-state index contributed by atoms with van der Waals surface area (Å²) in [7, 11) is 1.70. The first kappa shape index (κ1) is 18.6. The molecule has 6 heteroatoms. The van der Waals surface area contributed by atoms with Gasteiger partial charge in [-0.2, -0.15) is 0 Å². The molecule has 28 heavy (non-hydrogen) atoms. The summed E-state index contributed by atoms with van der Waals surface area (Å²) in [6.45, 7) is 5.14. The van der Waals surface area contributed by atoms with Crippen molar-refractivity contribution >= 4 is 16.8 Å². The molecule has 0 saturated carbocycles. The van der Waals surface area contributed by atoms with Crippen LogP contribution in [-0.4, -0.2) is 45.5 Å². The number of hydrogen-bond donors (Lipinski definition) is 0. The number of carbonyl (C=O) groups is 1. The van der Waals surface area contributed by atoms with Gasteiger partial charge in [-0.3, -0.25) is 9.78 Å². The van der Waals surface area contributed by atoms with E-state index in [2.05, 4.69) is 21.5 Å². The van der Waals surface area contributed by atoms with Gasteiger partial charge in [-0.1, -0.05) is 6.07 Å². The lowest BCUT2D eigenvalue weighted by Crippen LogP contribution is -2.39. The highest BCUT2D eigenvalue weighted by atomic mass is 16.5. The van der Waals surface area contributed by atoms with Crippen molar-refractivity contribution in [3.63, 3.8) is 0 Å². The van der Waals surface area contributed by atoms with E-state index in [1.807, 2.05) is 41.4 Å². The molecule has 1 saturated heterocycles. The second-order valence-corrected chi connectivity index (χ2v) is 7.51. The molecule has 4 rings (SSSR count). The third-order valence-electron chi connectivity index (χ3n) is 5.60. The fourth-order valence-corrected chi connectivity index (χ4v) is 3.97. The van der Waals surface area contributed by atoms with Gasteiger partial charge in [0.05, 0.1) is 5.52 Å². The zero-order valence-electron chi connectivity index (χ0n) is 16.5. The summed E-state index contributed by atoms with van der Waals surface area (Å²) < 4.78 is 7.51. The van der Waals surface area contributed by atoms with E-state index >= 15 is 0 Å². The normalized spacial score (nSPS) is 15.3. The summed E-state index contributed by atoms with van der Waals surface area (Å²) in [4.78, 5) is 23.7. The smallest absolute Gasteiger partial charge is 0.253 e. The van der Waals surface area contributed by atoms with E-state index in [4.69, 9.17) is 4.74 Å². The van der Waals surface area contributed by atoms with Crippen molar-refractivity contribution in [2.75, 3.05) is 20.2 Å². The Morgan fingerprint density at radius 3 is 2.82 bits per heavy atom. The average molecular weight is 378 g/mol. The minimum Gasteiger partial charge on any atom is -0.377 e. The molecule has 0 spiro atoms. The summed E-state index contributed by atoms with van der Waals surface area (Å²) in [6, 6.07) is 9.65. The topological polar surface area (TPSA) is 60.2 Å². The van der Waals surface area contributed by atoms with Crippen LogP contribution in [0.2, 0.25) is 0 Å². The number of hydrogen-bond acceptors (Lipinski definition) is 4. The summed E-state index contributed by atoms with van der Waals surface area (Å²) >= 11 is 0. The van der Waals surface area contributed by atoms with Crippen LogP contribution in [0.4, 0.5) is 0 Å². The van der Waals surface area contributed by atoms with Crippen LogP contribution in [0, 0.1) is 12.8 Å². The number of ether oxygens (including phenoxy) is 1. The first-order chi connectivity index (χ1) is 13.7. The maximum atomic E-state index is 12.9. The van der Waals surface area contributed by atoms with Crippen LogP contribution in [0.15, 0.2) is 42.7 Å². The monoisotopic (exact) mass is 378 g/mol. The molecule has 0 unspecified atom stereocenters. The number of benzene rings is 1. The summed E-state index contributed by atoms with van der Waals surface area (Å²) in [5.41, 5.74) is 2.82. The van der Waals surface area contributed by atoms with Crippen molar-refractivity contribution in [3.8, 4) is 0 Å². The molecule has 1 aliphatic rings. The molecule has 0 radical (unpaired) electrons. The van der Waals surface area contributed by atoms with Crippen LogP contribution in [0.25, 0.3) is 10.9 Å². The number of piperidine rings is 1. The van der Waals surface area contributed by atoms with E-state index in [0.29, 0.717) is 12.5 Å². The number of aromatic nitrogens is 3. The fraction of sp³-hybridized carbons (Fsp3) is 0.409. The molecule has 1 aromatic carbocycles. The molecule has 0 aliphatic carbocycles. The van der Waals surface area contributed by atoms with E-state index in [1.54, 1.807) is 13.3 Å². The van der Waals surface area contributed by atoms with E-state index in [0.717, 1.165) is 60.5 Å². The fourth-order valence-electron chi connectivity index (χ4n) is 3.97. The van der Waals surface area contributed by atoms with Crippen molar-refractivity contribution in [1.82, 2.24) is 19.4 Å². The lowest BCUT2D eigenvalue weighted by molar-refractivity contribution is 0.0681. The molecular formula is C22H26N4O2. The van der Waals surface area contributed by atoms with Crippen LogP contribution in [0.1, 0.15) is 34.7 Å². The van der Waals surface area contributed by atoms with Crippen LogP contribution in [-0.2, 0) is 17.9 Å². The van der Waals surface area contributed by atoms with Gasteiger partial charge in [0.15, 0.2) is 0 Å². The molecule has 2 aromatic heterocycles. The number of methoxy groups -OCH3 is 1. The van der Waals surface area contributed by atoms with Gasteiger partial charge in [-0.25, -0.2) is 4.98 Å². The highest BCUT2D eigenvalue weighted by Gasteiger charge is 2.25. The minimum absolute atomic E-state index is 0.114. The average Bonchev–Trinajstić information content (AvgIpc) is 3.07. The van der Waals surface area contributed by atoms with Gasteiger partial charge in [-0.15, -0.1) is 0 Å². The van der Waals surface area contributed by atoms with Gasteiger partial charge in [0.25, 0.3) is 5.91 Å². The number of imidazole rings is 1. The molecular weight excluding hydrogens is 352 g/mol. The van der Waals surface area contributed by atoms with Gasteiger partial charge in [0.2, 0.25) is 0 Å². The maximum Gasteiger partial charge on any atom is 0.253 e. The Bertz CT molecular complexity index is 974. The molecule has 6 nitrogen and oxygen atoms in total. The van der Waals surface area contributed by atoms with Crippen LogP contribution in [0.5, 0.6) is 0 Å².